The second-order valence-electron chi connectivity index (χ2n) is 9.60. The molecule has 8 nitrogen and oxygen atoms in total. The van der Waals surface area contributed by atoms with Crippen LogP contribution in [0.5, 0.6) is 5.88 Å². The van der Waals surface area contributed by atoms with E-state index in [1.807, 2.05) is 37.1 Å². The van der Waals surface area contributed by atoms with Crippen molar-refractivity contribution in [1.82, 2.24) is 29.0 Å². The molecule has 0 bridgehead atoms. The fourth-order valence-corrected chi connectivity index (χ4v) is 4.97. The predicted molar refractivity (Wildman–Crippen MR) is 138 cm³/mol. The highest BCUT2D eigenvalue weighted by Crippen LogP contribution is 2.40. The maximum atomic E-state index is 13.6. The third-order valence-corrected chi connectivity index (χ3v) is 7.18. The molecule has 37 heavy (non-hydrogen) atoms. The lowest BCUT2D eigenvalue weighted by Gasteiger charge is -2.30. The van der Waals surface area contributed by atoms with Gasteiger partial charge in [0.05, 0.1) is 48.0 Å². The number of aliphatic hydroxyl groups is 1. The Morgan fingerprint density at radius 2 is 1.65 bits per heavy atom. The number of nitrogens with zero attached hydrogens (tertiary/aromatic N) is 6. The van der Waals surface area contributed by atoms with Crippen LogP contribution < -0.4 is 4.74 Å². The normalized spacial score (nSPS) is 12.6. The third kappa shape index (κ3) is 4.81. The quantitative estimate of drug-likeness (QED) is 0.363. The molecule has 0 saturated carbocycles. The summed E-state index contributed by atoms with van der Waals surface area (Å²) in [7, 11) is 6.72. The second kappa shape index (κ2) is 9.66. The first kappa shape index (κ1) is 27.0. The third-order valence-electron chi connectivity index (χ3n) is 6.75. The number of aryl methyl sites for hydroxylation is 2. The molecule has 1 aromatic carbocycles. The molecule has 0 amide bonds. The number of alkyl halides is 2. The van der Waals surface area contributed by atoms with Gasteiger partial charge >= 0.3 is 0 Å². The van der Waals surface area contributed by atoms with Gasteiger partial charge in [-0.05, 0) is 38.6 Å². The highest BCUT2D eigenvalue weighted by molar-refractivity contribution is 6.36. The van der Waals surface area contributed by atoms with Crippen LogP contribution in [-0.4, -0.2) is 60.7 Å². The summed E-state index contributed by atoms with van der Waals surface area (Å²) in [6.45, 7) is 4.23. The summed E-state index contributed by atoms with van der Waals surface area (Å²) < 4.78 is 36.4. The van der Waals surface area contributed by atoms with Crippen LogP contribution in [0.15, 0.2) is 30.6 Å². The van der Waals surface area contributed by atoms with Crippen molar-refractivity contribution >= 4 is 22.5 Å². The Bertz CT molecular complexity index is 1410. The molecule has 1 N–H and O–H groups in total. The van der Waals surface area contributed by atoms with Crippen molar-refractivity contribution in [2.75, 3.05) is 20.7 Å². The molecule has 0 atom stereocenters. The molecule has 198 valence electrons. The van der Waals surface area contributed by atoms with E-state index in [1.54, 1.807) is 37.6 Å². The minimum Gasteiger partial charge on any atom is -0.481 e. The summed E-state index contributed by atoms with van der Waals surface area (Å²) in [6.07, 6.45) is 3.28. The van der Waals surface area contributed by atoms with E-state index >= 15 is 0 Å². The smallest absolute Gasteiger partial charge is 0.257 e. The number of ether oxygens (including phenoxy) is 1. The summed E-state index contributed by atoms with van der Waals surface area (Å²) in [5.74, 6) is -1.15. The Morgan fingerprint density at radius 3 is 2.11 bits per heavy atom. The van der Waals surface area contributed by atoms with Crippen molar-refractivity contribution in [3.8, 4) is 5.88 Å². The van der Waals surface area contributed by atoms with Gasteiger partial charge in [0.2, 0.25) is 5.88 Å². The summed E-state index contributed by atoms with van der Waals surface area (Å²) in [5, 5.41) is 13.3. The predicted octanol–water partition coefficient (Wildman–Crippen LogP) is 4.35. The largest absolute Gasteiger partial charge is 0.481 e. The lowest BCUT2D eigenvalue weighted by Crippen LogP contribution is -2.33. The molecule has 4 rings (SSSR count). The van der Waals surface area contributed by atoms with Gasteiger partial charge in [-0.15, -0.1) is 0 Å². The first-order valence-electron chi connectivity index (χ1n) is 11.7. The van der Waals surface area contributed by atoms with Gasteiger partial charge in [0.1, 0.15) is 11.6 Å². The fourth-order valence-electron chi connectivity index (χ4n) is 4.68. The van der Waals surface area contributed by atoms with Gasteiger partial charge in [0.15, 0.2) is 5.60 Å². The minimum atomic E-state index is -2.87. The average Bonchev–Trinajstić information content (AvgIpc) is 3.35. The highest BCUT2D eigenvalue weighted by Gasteiger charge is 2.40. The number of imidazole rings is 2. The van der Waals surface area contributed by atoms with Crippen molar-refractivity contribution in [2.24, 2.45) is 14.1 Å². The summed E-state index contributed by atoms with van der Waals surface area (Å²) in [4.78, 5) is 14.8. The molecule has 0 aliphatic heterocycles. The molecule has 0 fully saturated rings. The zero-order valence-electron chi connectivity index (χ0n) is 22.0. The van der Waals surface area contributed by atoms with E-state index in [9.17, 15) is 13.9 Å². The van der Waals surface area contributed by atoms with Gasteiger partial charge in [0, 0.05) is 38.5 Å². The average molecular weight is 533 g/mol. The summed E-state index contributed by atoms with van der Waals surface area (Å²) in [5.41, 5.74) is 1.04. The zero-order valence-corrected chi connectivity index (χ0v) is 22.7. The highest BCUT2D eigenvalue weighted by atomic mass is 35.5. The van der Waals surface area contributed by atoms with Crippen molar-refractivity contribution in [1.29, 1.82) is 0 Å². The van der Waals surface area contributed by atoms with Crippen LogP contribution in [0.4, 0.5) is 8.78 Å². The minimum absolute atomic E-state index is 0.102. The maximum Gasteiger partial charge on any atom is 0.257 e. The molecule has 0 saturated heterocycles. The first-order chi connectivity index (χ1) is 17.3. The number of benzene rings is 1. The van der Waals surface area contributed by atoms with Crippen LogP contribution in [-0.2, 0) is 26.2 Å². The summed E-state index contributed by atoms with van der Waals surface area (Å²) >= 11 is 6.87. The first-order valence-corrected chi connectivity index (χ1v) is 12.1. The van der Waals surface area contributed by atoms with Gasteiger partial charge in [0.25, 0.3) is 5.92 Å². The van der Waals surface area contributed by atoms with E-state index in [2.05, 4.69) is 15.0 Å². The SMILES string of the molecule is COc1nc2ccc(C(O)(c3cnc(C)n3C)c3cnc(C)n3C)cc2c(Cl)c1CN(C)CC(C)(F)F. The van der Waals surface area contributed by atoms with E-state index in [-0.39, 0.29) is 12.4 Å². The van der Waals surface area contributed by atoms with Crippen molar-refractivity contribution in [2.45, 2.75) is 38.8 Å². The van der Waals surface area contributed by atoms with E-state index in [0.29, 0.717) is 38.4 Å². The molecule has 4 aromatic rings. The Balaban J connectivity index is 1.93. The van der Waals surface area contributed by atoms with E-state index in [4.69, 9.17) is 16.3 Å². The van der Waals surface area contributed by atoms with Crippen molar-refractivity contribution < 1.29 is 18.6 Å². The van der Waals surface area contributed by atoms with Gasteiger partial charge in [-0.25, -0.2) is 23.7 Å². The van der Waals surface area contributed by atoms with Gasteiger partial charge in [-0.3, -0.25) is 4.90 Å². The number of pyridine rings is 1. The van der Waals surface area contributed by atoms with Crippen LogP contribution >= 0.6 is 11.6 Å². The maximum absolute atomic E-state index is 13.6. The molecule has 0 unspecified atom stereocenters. The molecule has 11 heteroatoms. The van der Waals surface area contributed by atoms with Crippen LogP contribution in [0.1, 0.15) is 41.1 Å². The molecule has 0 radical (unpaired) electrons. The molecule has 0 aliphatic rings. The number of methoxy groups -OCH3 is 1. The van der Waals surface area contributed by atoms with Crippen LogP contribution in [0.2, 0.25) is 5.02 Å². The van der Waals surface area contributed by atoms with Crippen molar-refractivity contribution in [3.05, 3.63) is 69.8 Å². The van der Waals surface area contributed by atoms with Gasteiger partial charge in [-0.2, -0.15) is 0 Å². The van der Waals surface area contributed by atoms with Crippen molar-refractivity contribution in [3.63, 3.8) is 0 Å². The van der Waals surface area contributed by atoms with Gasteiger partial charge < -0.3 is 19.0 Å². The lowest BCUT2D eigenvalue weighted by molar-refractivity contribution is -0.00985. The number of halogens is 3. The Labute approximate surface area is 219 Å². The molecule has 0 spiro atoms. The molecular weight excluding hydrogens is 502 g/mol. The number of hydrogen-bond acceptors (Lipinski definition) is 6. The Hall–Kier alpha value is -3.08. The van der Waals surface area contributed by atoms with Gasteiger partial charge in [-0.1, -0.05) is 17.7 Å². The fraction of sp³-hybridized carbons (Fsp3) is 0.423. The van der Waals surface area contributed by atoms with E-state index in [0.717, 1.165) is 18.6 Å². The topological polar surface area (TPSA) is 81.2 Å². The molecule has 0 aliphatic carbocycles. The standard InChI is InChI=1S/C26H31ClF2N6O2/c1-15-30-11-21(34(15)5)26(36,22-12-31-16(2)35(22)6)17-8-9-20-18(10-17)23(27)19(24(32-20)37-7)13-33(4)14-25(3,28)29/h8-12,36H,13-14H2,1-7H3. The lowest BCUT2D eigenvalue weighted by atomic mass is 9.86. The molecule has 3 aromatic heterocycles. The Kier molecular flexibility index (Phi) is 7.04. The molecular formula is C26H31ClF2N6O2. The number of aromatic nitrogens is 5. The second-order valence-corrected chi connectivity index (χ2v) is 9.98. The summed E-state index contributed by atoms with van der Waals surface area (Å²) in [6, 6.07) is 5.30. The van der Waals surface area contributed by atoms with E-state index in [1.165, 1.54) is 12.0 Å². The number of fused-ring (bicyclic) bond motifs is 1. The monoisotopic (exact) mass is 532 g/mol. The van der Waals surface area contributed by atoms with E-state index < -0.39 is 18.1 Å². The van der Waals surface area contributed by atoms with Crippen LogP contribution in [0.3, 0.4) is 0 Å². The zero-order chi connectivity index (χ0) is 27.3. The van der Waals surface area contributed by atoms with Crippen LogP contribution in [0.25, 0.3) is 10.9 Å². The number of hydrogen-bond donors (Lipinski definition) is 1. The Morgan fingerprint density at radius 1 is 1.08 bits per heavy atom. The number of rotatable bonds is 8. The van der Waals surface area contributed by atoms with Crippen LogP contribution in [0, 0.1) is 13.8 Å². The molecule has 3 heterocycles.